The Hall–Kier alpha value is -4.98. The smallest absolute Gasteiger partial charge is 0.416 e. The zero-order valence-electron chi connectivity index (χ0n) is 24.6. The van der Waals surface area contributed by atoms with E-state index >= 15 is 0 Å². The van der Waals surface area contributed by atoms with Crippen LogP contribution in [0.1, 0.15) is 59.4 Å². The molecule has 14 heteroatoms. The van der Waals surface area contributed by atoms with Crippen molar-refractivity contribution in [2.24, 2.45) is 0 Å². The van der Waals surface area contributed by atoms with Crippen molar-refractivity contribution in [2.75, 3.05) is 6.61 Å². The fourth-order valence-electron chi connectivity index (χ4n) is 3.33. The molecule has 0 radical (unpaired) electrons. The first-order valence-corrected chi connectivity index (χ1v) is 13.4. The van der Waals surface area contributed by atoms with Crippen molar-refractivity contribution in [1.82, 2.24) is 9.97 Å². The summed E-state index contributed by atoms with van der Waals surface area (Å²) in [5.41, 5.74) is 0.409. The number of pyridine rings is 2. The van der Waals surface area contributed by atoms with Crippen LogP contribution >= 0.6 is 0 Å². The lowest BCUT2D eigenvalue weighted by molar-refractivity contribution is -0.140. The van der Waals surface area contributed by atoms with Gasteiger partial charge in [0.25, 0.3) is 0 Å². The molecule has 254 valence electrons. The third-order valence-electron chi connectivity index (χ3n) is 5.51. The summed E-state index contributed by atoms with van der Waals surface area (Å²) in [6.45, 7) is 3.49. The second-order valence-corrected chi connectivity index (χ2v) is 9.11. The SMILES string of the molecule is C.CCOC(C)=O.O=Cc1ccc(OCc2cccc(C(F)(F)F)c2)nc1.OCc1ccc(OCc2cccc(C(F)(F)F)c2)nc1. The molecule has 4 rings (SSSR count). The largest absolute Gasteiger partial charge is 0.473 e. The molecule has 0 saturated carbocycles. The maximum absolute atomic E-state index is 12.5. The number of carbonyl (C=O) groups is 2. The Morgan fingerprint density at radius 3 is 1.57 bits per heavy atom. The van der Waals surface area contributed by atoms with Crippen molar-refractivity contribution < 1.29 is 55.2 Å². The van der Waals surface area contributed by atoms with E-state index in [1.54, 1.807) is 25.1 Å². The maximum atomic E-state index is 12.5. The molecule has 0 spiro atoms. The van der Waals surface area contributed by atoms with Crippen LogP contribution in [0.3, 0.4) is 0 Å². The van der Waals surface area contributed by atoms with Crippen LogP contribution in [0.4, 0.5) is 26.3 Å². The third-order valence-corrected chi connectivity index (χ3v) is 5.51. The van der Waals surface area contributed by atoms with Crippen molar-refractivity contribution in [1.29, 1.82) is 0 Å². The predicted octanol–water partition coefficient (Wildman–Crippen LogP) is 7.87. The molecule has 0 atom stereocenters. The van der Waals surface area contributed by atoms with E-state index in [-0.39, 0.29) is 39.1 Å². The van der Waals surface area contributed by atoms with Crippen molar-refractivity contribution in [2.45, 2.75) is 53.4 Å². The van der Waals surface area contributed by atoms with Gasteiger partial charge < -0.3 is 19.3 Å². The van der Waals surface area contributed by atoms with Crippen LogP contribution in [-0.4, -0.2) is 33.9 Å². The lowest BCUT2D eigenvalue weighted by Gasteiger charge is -2.09. The van der Waals surface area contributed by atoms with Crippen molar-refractivity contribution in [3.05, 3.63) is 119 Å². The van der Waals surface area contributed by atoms with Gasteiger partial charge in [-0.15, -0.1) is 0 Å². The van der Waals surface area contributed by atoms with E-state index in [4.69, 9.17) is 14.6 Å². The highest BCUT2D eigenvalue weighted by atomic mass is 19.4. The predicted molar refractivity (Wildman–Crippen MR) is 160 cm³/mol. The Labute approximate surface area is 268 Å². The van der Waals surface area contributed by atoms with E-state index < -0.39 is 23.5 Å². The molecule has 1 N–H and O–H groups in total. The molecule has 0 aliphatic heterocycles. The lowest BCUT2D eigenvalue weighted by Crippen LogP contribution is -2.06. The van der Waals surface area contributed by atoms with Crippen LogP contribution in [0.25, 0.3) is 0 Å². The van der Waals surface area contributed by atoms with Gasteiger partial charge in [0, 0.05) is 37.0 Å². The number of aldehydes is 1. The molecule has 47 heavy (non-hydrogen) atoms. The topological polar surface area (TPSA) is 108 Å². The second kappa shape index (κ2) is 19.5. The number of carbonyl (C=O) groups excluding carboxylic acids is 2. The van der Waals surface area contributed by atoms with E-state index in [0.29, 0.717) is 41.0 Å². The molecular formula is C33H34F6N2O6. The average Bonchev–Trinajstić information content (AvgIpc) is 3.03. The van der Waals surface area contributed by atoms with Gasteiger partial charge in [-0.25, -0.2) is 9.97 Å². The van der Waals surface area contributed by atoms with E-state index in [9.17, 15) is 35.9 Å². The third kappa shape index (κ3) is 15.2. The van der Waals surface area contributed by atoms with Gasteiger partial charge in [-0.3, -0.25) is 9.59 Å². The van der Waals surface area contributed by atoms with E-state index in [1.165, 1.54) is 49.6 Å². The number of aliphatic hydroxyl groups is 1. The quantitative estimate of drug-likeness (QED) is 0.109. The number of esters is 1. The first-order chi connectivity index (χ1) is 21.7. The molecule has 0 saturated heterocycles. The molecule has 0 bridgehead atoms. The maximum Gasteiger partial charge on any atom is 0.416 e. The van der Waals surface area contributed by atoms with Gasteiger partial charge in [0.2, 0.25) is 11.8 Å². The Balaban J connectivity index is 0.000000394. The summed E-state index contributed by atoms with van der Waals surface area (Å²) in [7, 11) is 0. The number of hydrogen-bond donors (Lipinski definition) is 1. The van der Waals surface area contributed by atoms with Crippen molar-refractivity contribution >= 4 is 12.3 Å². The van der Waals surface area contributed by atoms with Crippen LogP contribution < -0.4 is 9.47 Å². The molecule has 2 aromatic heterocycles. The van der Waals surface area contributed by atoms with Gasteiger partial charge in [0.05, 0.1) is 24.3 Å². The number of benzene rings is 2. The van der Waals surface area contributed by atoms with Gasteiger partial charge in [0.1, 0.15) is 13.2 Å². The number of alkyl halides is 6. The Morgan fingerprint density at radius 1 is 0.766 bits per heavy atom. The number of aromatic nitrogens is 2. The molecule has 8 nitrogen and oxygen atoms in total. The van der Waals surface area contributed by atoms with E-state index in [0.717, 1.165) is 24.3 Å². The summed E-state index contributed by atoms with van der Waals surface area (Å²) >= 11 is 0. The van der Waals surface area contributed by atoms with Crippen LogP contribution in [0, 0.1) is 0 Å². The zero-order valence-corrected chi connectivity index (χ0v) is 24.6. The summed E-state index contributed by atoms with van der Waals surface area (Å²) in [5, 5.41) is 8.86. The number of rotatable bonds is 9. The molecule has 2 aromatic carbocycles. The summed E-state index contributed by atoms with van der Waals surface area (Å²) < 4.78 is 90.2. The second-order valence-electron chi connectivity index (χ2n) is 9.11. The molecular weight excluding hydrogens is 634 g/mol. The van der Waals surface area contributed by atoms with Gasteiger partial charge in [-0.2, -0.15) is 26.3 Å². The number of aliphatic hydroxyl groups excluding tert-OH is 1. The molecule has 0 fully saturated rings. The number of ether oxygens (including phenoxy) is 3. The molecule has 0 unspecified atom stereocenters. The minimum atomic E-state index is -4.38. The molecule has 0 aliphatic carbocycles. The first kappa shape index (κ1) is 40.0. The van der Waals surface area contributed by atoms with Gasteiger partial charge >= 0.3 is 18.3 Å². The monoisotopic (exact) mass is 668 g/mol. The van der Waals surface area contributed by atoms with Crippen LogP contribution in [0.5, 0.6) is 11.8 Å². The average molecular weight is 669 g/mol. The van der Waals surface area contributed by atoms with Gasteiger partial charge in [-0.05, 0) is 60.0 Å². The molecule has 2 heterocycles. The van der Waals surface area contributed by atoms with Crippen LogP contribution in [0.15, 0.2) is 85.2 Å². The minimum absolute atomic E-state index is 0. The first-order valence-electron chi connectivity index (χ1n) is 13.4. The normalized spacial score (nSPS) is 10.6. The lowest BCUT2D eigenvalue weighted by atomic mass is 10.1. The number of nitrogens with zero attached hydrogens (tertiary/aromatic N) is 2. The Bertz CT molecular complexity index is 1510. The van der Waals surface area contributed by atoms with Gasteiger partial charge in [0.15, 0.2) is 6.29 Å². The summed E-state index contributed by atoms with van der Waals surface area (Å²) in [6, 6.07) is 16.0. The van der Waals surface area contributed by atoms with Crippen LogP contribution in [0.2, 0.25) is 0 Å². The summed E-state index contributed by atoms with van der Waals surface area (Å²) in [6.07, 6.45) is -5.32. The highest BCUT2D eigenvalue weighted by Crippen LogP contribution is 2.30. The molecule has 4 aromatic rings. The van der Waals surface area contributed by atoms with Crippen molar-refractivity contribution in [3.63, 3.8) is 0 Å². The number of hydrogen-bond acceptors (Lipinski definition) is 8. The van der Waals surface area contributed by atoms with E-state index in [2.05, 4.69) is 14.7 Å². The highest BCUT2D eigenvalue weighted by Gasteiger charge is 2.31. The fraction of sp³-hybridized carbons (Fsp3) is 0.273. The highest BCUT2D eigenvalue weighted by molar-refractivity contribution is 5.74. The summed E-state index contributed by atoms with van der Waals surface area (Å²) in [5.74, 6) is 0.324. The Kier molecular flexibility index (Phi) is 16.6. The molecule has 0 amide bonds. The molecule has 0 aliphatic rings. The fourth-order valence-corrected chi connectivity index (χ4v) is 3.33. The van der Waals surface area contributed by atoms with Crippen LogP contribution in [-0.2, 0) is 41.7 Å². The van der Waals surface area contributed by atoms with E-state index in [1.807, 2.05) is 0 Å². The standard InChI is InChI=1S/C14H12F3NO2.C14H10F3NO2.C4H8O2.CH4/c2*15-14(16,17)12-3-1-2-10(6-12)9-20-13-5-4-11(8-19)7-18-13;1-3-6-4(2)5;/h1-7,19H,8-9H2;1-8H,9H2;3H2,1-2H3;1H4. The number of halogens is 6. The van der Waals surface area contributed by atoms with Gasteiger partial charge in [-0.1, -0.05) is 31.7 Å². The minimum Gasteiger partial charge on any atom is -0.473 e. The Morgan fingerprint density at radius 2 is 1.26 bits per heavy atom. The zero-order chi connectivity index (χ0) is 34.2. The van der Waals surface area contributed by atoms with Crippen molar-refractivity contribution in [3.8, 4) is 11.8 Å². The summed E-state index contributed by atoms with van der Waals surface area (Å²) in [4.78, 5) is 28.1.